The van der Waals surface area contributed by atoms with Gasteiger partial charge in [-0.15, -0.1) is 0 Å². The molecule has 0 spiro atoms. The summed E-state index contributed by atoms with van der Waals surface area (Å²) in [5.41, 5.74) is 0.375. The van der Waals surface area contributed by atoms with E-state index in [0.29, 0.717) is 31.7 Å². The highest BCUT2D eigenvalue weighted by Gasteiger charge is 2.27. The molecule has 1 aromatic heterocycles. The summed E-state index contributed by atoms with van der Waals surface area (Å²) in [6, 6.07) is 8.85. The average molecular weight is 346 g/mol. The predicted octanol–water partition coefficient (Wildman–Crippen LogP) is 1.83. The van der Waals surface area contributed by atoms with Gasteiger partial charge in [0.25, 0.3) is 5.91 Å². The second kappa shape index (κ2) is 7.48. The number of amides is 2. The van der Waals surface area contributed by atoms with Gasteiger partial charge in [0.2, 0.25) is 5.91 Å². The van der Waals surface area contributed by atoms with Crippen LogP contribution in [0.5, 0.6) is 0 Å². The zero-order valence-electron chi connectivity index (χ0n) is 13.6. The zero-order valence-corrected chi connectivity index (χ0v) is 13.6. The van der Waals surface area contributed by atoms with E-state index in [1.165, 1.54) is 24.5 Å². The normalized spacial score (nSPS) is 15.9. The molecule has 1 N–H and O–H groups in total. The largest absolute Gasteiger partial charge is 0.459 e. The minimum Gasteiger partial charge on any atom is -0.459 e. The highest BCUT2D eigenvalue weighted by Crippen LogP contribution is 2.19. The van der Waals surface area contributed by atoms with Crippen molar-refractivity contribution in [2.75, 3.05) is 26.2 Å². The Bertz CT molecular complexity index is 739. The highest BCUT2D eigenvalue weighted by molar-refractivity contribution is 5.91. The van der Waals surface area contributed by atoms with Crippen LogP contribution in [0.4, 0.5) is 4.39 Å². The molecule has 1 unspecified atom stereocenters. The summed E-state index contributed by atoms with van der Waals surface area (Å²) in [7, 11) is 0. The molecule has 1 atom stereocenters. The molecule has 1 aliphatic heterocycles. The molecule has 0 aliphatic carbocycles. The molecule has 1 saturated heterocycles. The molecule has 0 bridgehead atoms. The standard InChI is InChI=1S/C18H19FN2O4/c19-14-4-1-3-13(11-14)15(22)12-17(23)20-6-8-21(9-7-20)18(24)16-5-2-10-25-16/h1-5,10-11,15,22H,6-9,12H2. The number of hydrogen-bond donors (Lipinski definition) is 1. The third-order valence-electron chi connectivity index (χ3n) is 4.25. The number of benzene rings is 1. The van der Waals surface area contributed by atoms with Crippen molar-refractivity contribution < 1.29 is 23.5 Å². The number of carbonyl (C=O) groups is 2. The highest BCUT2D eigenvalue weighted by atomic mass is 19.1. The molecule has 1 aliphatic rings. The minimum atomic E-state index is -1.05. The van der Waals surface area contributed by atoms with Gasteiger partial charge in [-0.05, 0) is 29.8 Å². The molecule has 3 rings (SSSR count). The lowest BCUT2D eigenvalue weighted by atomic mass is 10.1. The van der Waals surface area contributed by atoms with E-state index in [0.717, 1.165) is 0 Å². The minimum absolute atomic E-state index is 0.115. The van der Waals surface area contributed by atoms with Crippen LogP contribution in [-0.4, -0.2) is 52.9 Å². The van der Waals surface area contributed by atoms with Gasteiger partial charge in [-0.25, -0.2) is 4.39 Å². The number of rotatable bonds is 4. The molecule has 2 aromatic rings. The van der Waals surface area contributed by atoms with Gasteiger partial charge in [0.15, 0.2) is 5.76 Å². The number of nitrogens with zero attached hydrogens (tertiary/aromatic N) is 2. The summed E-state index contributed by atoms with van der Waals surface area (Å²) in [5, 5.41) is 10.1. The monoisotopic (exact) mass is 346 g/mol. The summed E-state index contributed by atoms with van der Waals surface area (Å²) in [4.78, 5) is 27.7. The van der Waals surface area contributed by atoms with E-state index >= 15 is 0 Å². The van der Waals surface area contributed by atoms with E-state index in [1.807, 2.05) is 0 Å². The lowest BCUT2D eigenvalue weighted by Gasteiger charge is -2.34. The van der Waals surface area contributed by atoms with Gasteiger partial charge < -0.3 is 19.3 Å². The van der Waals surface area contributed by atoms with Gasteiger partial charge in [-0.2, -0.15) is 0 Å². The Kier molecular flexibility index (Phi) is 5.14. The smallest absolute Gasteiger partial charge is 0.289 e. The maximum Gasteiger partial charge on any atom is 0.289 e. The Morgan fingerprint density at radius 3 is 2.48 bits per heavy atom. The first-order chi connectivity index (χ1) is 12.0. The molecule has 0 saturated carbocycles. The van der Waals surface area contributed by atoms with Crippen LogP contribution in [0.15, 0.2) is 47.1 Å². The van der Waals surface area contributed by atoms with Crippen LogP contribution in [0.2, 0.25) is 0 Å². The first kappa shape index (κ1) is 17.2. The molecule has 6 nitrogen and oxygen atoms in total. The topological polar surface area (TPSA) is 74.0 Å². The fourth-order valence-electron chi connectivity index (χ4n) is 2.84. The first-order valence-corrected chi connectivity index (χ1v) is 8.08. The summed E-state index contributed by atoms with van der Waals surface area (Å²) < 4.78 is 18.3. The fourth-order valence-corrected chi connectivity index (χ4v) is 2.84. The maximum atomic E-state index is 13.2. The molecular formula is C18H19FN2O4. The molecule has 0 radical (unpaired) electrons. The maximum absolute atomic E-state index is 13.2. The van der Waals surface area contributed by atoms with E-state index < -0.39 is 11.9 Å². The third kappa shape index (κ3) is 4.06. The number of carbonyl (C=O) groups excluding carboxylic acids is 2. The Morgan fingerprint density at radius 2 is 1.84 bits per heavy atom. The Labute approximate surface area is 144 Å². The summed E-state index contributed by atoms with van der Waals surface area (Å²) >= 11 is 0. The van der Waals surface area contributed by atoms with Crippen LogP contribution in [0.1, 0.15) is 28.6 Å². The van der Waals surface area contributed by atoms with Crippen molar-refractivity contribution in [3.8, 4) is 0 Å². The van der Waals surface area contributed by atoms with Crippen LogP contribution in [0.25, 0.3) is 0 Å². The van der Waals surface area contributed by atoms with E-state index in [4.69, 9.17) is 4.42 Å². The van der Waals surface area contributed by atoms with Crippen molar-refractivity contribution in [2.45, 2.75) is 12.5 Å². The molecule has 7 heteroatoms. The van der Waals surface area contributed by atoms with Gasteiger partial charge in [0.05, 0.1) is 18.8 Å². The molecule has 132 valence electrons. The lowest BCUT2D eigenvalue weighted by molar-refractivity contribution is -0.134. The van der Waals surface area contributed by atoms with Crippen molar-refractivity contribution in [1.82, 2.24) is 9.80 Å². The van der Waals surface area contributed by atoms with Gasteiger partial charge in [0.1, 0.15) is 5.82 Å². The lowest BCUT2D eigenvalue weighted by Crippen LogP contribution is -2.50. The Balaban J connectivity index is 1.52. The molecular weight excluding hydrogens is 327 g/mol. The second-order valence-corrected chi connectivity index (χ2v) is 5.93. The van der Waals surface area contributed by atoms with E-state index in [1.54, 1.807) is 28.0 Å². The second-order valence-electron chi connectivity index (χ2n) is 5.93. The summed E-state index contributed by atoms with van der Waals surface area (Å²) in [6.45, 7) is 1.59. The van der Waals surface area contributed by atoms with E-state index in [-0.39, 0.29) is 24.0 Å². The van der Waals surface area contributed by atoms with Crippen LogP contribution in [-0.2, 0) is 4.79 Å². The van der Waals surface area contributed by atoms with Crippen molar-refractivity contribution in [3.63, 3.8) is 0 Å². The number of aliphatic hydroxyl groups is 1. The van der Waals surface area contributed by atoms with E-state index in [2.05, 4.69) is 0 Å². The van der Waals surface area contributed by atoms with Crippen molar-refractivity contribution in [2.24, 2.45) is 0 Å². The zero-order chi connectivity index (χ0) is 17.8. The number of aliphatic hydroxyl groups excluding tert-OH is 1. The first-order valence-electron chi connectivity index (χ1n) is 8.08. The molecule has 25 heavy (non-hydrogen) atoms. The van der Waals surface area contributed by atoms with Crippen LogP contribution in [0, 0.1) is 5.82 Å². The number of furan rings is 1. The number of piperazine rings is 1. The van der Waals surface area contributed by atoms with Crippen LogP contribution < -0.4 is 0 Å². The predicted molar refractivity (Wildman–Crippen MR) is 87.2 cm³/mol. The van der Waals surface area contributed by atoms with Gasteiger partial charge >= 0.3 is 0 Å². The van der Waals surface area contributed by atoms with Crippen molar-refractivity contribution in [1.29, 1.82) is 0 Å². The number of halogens is 1. The Hall–Kier alpha value is -2.67. The quantitative estimate of drug-likeness (QED) is 0.917. The third-order valence-corrected chi connectivity index (χ3v) is 4.25. The summed E-state index contributed by atoms with van der Waals surface area (Å²) in [6.07, 6.45) is 0.280. The molecule has 1 aromatic carbocycles. The molecule has 1 fully saturated rings. The van der Waals surface area contributed by atoms with Crippen LogP contribution >= 0.6 is 0 Å². The molecule has 2 heterocycles. The van der Waals surface area contributed by atoms with Crippen LogP contribution in [0.3, 0.4) is 0 Å². The van der Waals surface area contributed by atoms with Crippen molar-refractivity contribution in [3.05, 3.63) is 59.8 Å². The van der Waals surface area contributed by atoms with E-state index in [9.17, 15) is 19.1 Å². The summed E-state index contributed by atoms with van der Waals surface area (Å²) in [5.74, 6) is -0.589. The number of hydrogen-bond acceptors (Lipinski definition) is 4. The fraction of sp³-hybridized carbons (Fsp3) is 0.333. The van der Waals surface area contributed by atoms with Gasteiger partial charge in [0, 0.05) is 26.2 Å². The Morgan fingerprint density at radius 1 is 1.12 bits per heavy atom. The van der Waals surface area contributed by atoms with Gasteiger partial charge in [-0.3, -0.25) is 9.59 Å². The average Bonchev–Trinajstić information content (AvgIpc) is 3.16. The van der Waals surface area contributed by atoms with Crippen molar-refractivity contribution >= 4 is 11.8 Å². The SMILES string of the molecule is O=C(CC(O)c1cccc(F)c1)N1CCN(C(=O)c2ccco2)CC1. The molecule has 2 amide bonds. The van der Waals surface area contributed by atoms with Gasteiger partial charge in [-0.1, -0.05) is 12.1 Å².